The molecule has 1 aliphatic rings. The van der Waals surface area contributed by atoms with Gasteiger partial charge in [0.05, 0.1) is 0 Å². The molecule has 0 fully saturated rings. The van der Waals surface area contributed by atoms with Crippen molar-refractivity contribution in [3.63, 3.8) is 0 Å². The van der Waals surface area contributed by atoms with Gasteiger partial charge in [-0.15, -0.1) is 22.7 Å². The van der Waals surface area contributed by atoms with E-state index in [1.807, 2.05) is 50.2 Å². The minimum atomic E-state index is -1.52. The van der Waals surface area contributed by atoms with Crippen molar-refractivity contribution in [2.24, 2.45) is 0 Å². The smallest absolute Gasteiger partial charge is 0.151 e. The van der Waals surface area contributed by atoms with Gasteiger partial charge in [0.2, 0.25) is 0 Å². The molecular weight excluding hydrogens is 455 g/mol. The van der Waals surface area contributed by atoms with Crippen LogP contribution in [0, 0.1) is 13.8 Å². The van der Waals surface area contributed by atoms with Crippen molar-refractivity contribution in [2.75, 3.05) is 0 Å². The molecule has 2 N–H and O–H groups in total. The van der Waals surface area contributed by atoms with E-state index in [0.29, 0.717) is 32.3 Å². The highest BCUT2D eigenvalue weighted by molar-refractivity contribution is 7.12. The average Bonchev–Trinajstić information content (AvgIpc) is 3.35. The zero-order chi connectivity index (χ0) is 21.3. The Bertz CT molecular complexity index is 1190. The van der Waals surface area contributed by atoms with Crippen LogP contribution in [0.25, 0.3) is 0 Å². The molecule has 0 radical (unpaired) electrons. The van der Waals surface area contributed by atoms with Gasteiger partial charge in [0.15, 0.2) is 11.2 Å². The summed E-state index contributed by atoms with van der Waals surface area (Å²) in [6, 6.07) is 18.5. The van der Waals surface area contributed by atoms with Crippen LogP contribution in [0.1, 0.15) is 41.8 Å². The molecule has 0 saturated carbocycles. The van der Waals surface area contributed by atoms with E-state index >= 15 is 0 Å². The summed E-state index contributed by atoms with van der Waals surface area (Å²) in [5.74, 6) is 0. The van der Waals surface area contributed by atoms with Gasteiger partial charge in [-0.05, 0) is 50.2 Å². The molecule has 2 atom stereocenters. The Morgan fingerprint density at radius 3 is 1.37 bits per heavy atom. The van der Waals surface area contributed by atoms with E-state index < -0.39 is 11.2 Å². The number of rotatable bonds is 2. The van der Waals surface area contributed by atoms with Gasteiger partial charge >= 0.3 is 0 Å². The number of hydrogen-bond acceptors (Lipinski definition) is 4. The van der Waals surface area contributed by atoms with Crippen molar-refractivity contribution in [1.29, 1.82) is 0 Å². The van der Waals surface area contributed by atoms with E-state index in [9.17, 15) is 10.2 Å². The van der Waals surface area contributed by atoms with Crippen molar-refractivity contribution >= 4 is 45.9 Å². The number of aliphatic hydroxyl groups is 2. The lowest BCUT2D eigenvalue weighted by atomic mass is 9.66. The first-order valence-corrected chi connectivity index (χ1v) is 11.8. The van der Waals surface area contributed by atoms with Crippen LogP contribution in [0.5, 0.6) is 0 Å². The number of halogens is 2. The van der Waals surface area contributed by atoms with E-state index in [1.54, 1.807) is 24.3 Å². The van der Waals surface area contributed by atoms with Crippen LogP contribution in [0.15, 0.2) is 60.7 Å². The fourth-order valence-corrected chi connectivity index (χ4v) is 7.01. The zero-order valence-electron chi connectivity index (χ0n) is 16.2. The molecule has 2 aromatic heterocycles. The monoisotopic (exact) mass is 472 g/mol. The first-order chi connectivity index (χ1) is 14.3. The second kappa shape index (κ2) is 6.92. The Kier molecular flexibility index (Phi) is 4.67. The van der Waals surface area contributed by atoms with Crippen LogP contribution >= 0.6 is 45.9 Å². The Morgan fingerprint density at radius 1 is 0.633 bits per heavy atom. The lowest BCUT2D eigenvalue weighted by molar-refractivity contribution is 0.0788. The third kappa shape index (κ3) is 2.62. The predicted molar refractivity (Wildman–Crippen MR) is 125 cm³/mol. The second-order valence-electron chi connectivity index (χ2n) is 7.57. The van der Waals surface area contributed by atoms with Gasteiger partial charge in [0.25, 0.3) is 0 Å². The minimum Gasteiger partial charge on any atom is -0.375 e. The van der Waals surface area contributed by atoms with Gasteiger partial charge in [-0.25, -0.2) is 0 Å². The number of hydrogen-bond donors (Lipinski definition) is 2. The molecule has 0 unspecified atom stereocenters. The first kappa shape index (κ1) is 20.3. The molecule has 0 amide bonds. The van der Waals surface area contributed by atoms with Gasteiger partial charge in [-0.2, -0.15) is 0 Å². The van der Waals surface area contributed by atoms with Gasteiger partial charge in [-0.1, -0.05) is 47.5 Å². The van der Waals surface area contributed by atoms with Gasteiger partial charge < -0.3 is 10.2 Å². The number of fused-ring (bicyclic) bond motifs is 2. The number of thiophene rings is 2. The maximum absolute atomic E-state index is 12.3. The molecule has 5 rings (SSSR count). The van der Waals surface area contributed by atoms with E-state index in [-0.39, 0.29) is 0 Å². The normalized spacial score (nSPS) is 22.6. The summed E-state index contributed by atoms with van der Waals surface area (Å²) in [6.45, 7) is 4.00. The van der Waals surface area contributed by atoms with Crippen molar-refractivity contribution < 1.29 is 10.2 Å². The largest absolute Gasteiger partial charge is 0.375 e. The van der Waals surface area contributed by atoms with Crippen LogP contribution < -0.4 is 0 Å². The lowest BCUT2D eigenvalue weighted by Crippen LogP contribution is -2.44. The standard InChI is InChI=1S/C24H18Cl2O2S2/c1-13-9-11-19(29-13)23(27)15-5-3-8-18(26)22(15)24(28,20-12-10-14(2)30-20)16-6-4-7-17(25)21(16)23/h3-12,27-28H,1-2H3/t23-,24+. The topological polar surface area (TPSA) is 40.5 Å². The first-order valence-electron chi connectivity index (χ1n) is 9.45. The molecule has 0 saturated heterocycles. The Balaban J connectivity index is 1.97. The summed E-state index contributed by atoms with van der Waals surface area (Å²) >= 11 is 16.4. The van der Waals surface area contributed by atoms with Crippen LogP contribution in [0.3, 0.4) is 0 Å². The highest BCUT2D eigenvalue weighted by Gasteiger charge is 2.53. The zero-order valence-corrected chi connectivity index (χ0v) is 19.4. The fraction of sp³-hybridized carbons (Fsp3) is 0.167. The fourth-order valence-electron chi connectivity index (χ4n) is 4.43. The molecule has 4 aromatic rings. The Hall–Kier alpha value is -1.66. The Morgan fingerprint density at radius 2 is 1.03 bits per heavy atom. The van der Waals surface area contributed by atoms with E-state index in [2.05, 4.69) is 0 Å². The SMILES string of the molecule is Cc1ccc([C@@]2(O)c3cccc(Cl)c3[C@](O)(c3ccc(C)s3)c3cccc(Cl)c32)s1. The average molecular weight is 473 g/mol. The third-order valence-electron chi connectivity index (χ3n) is 5.72. The summed E-state index contributed by atoms with van der Waals surface area (Å²) in [5, 5.41) is 25.4. The third-order valence-corrected chi connectivity index (χ3v) is 8.57. The van der Waals surface area contributed by atoms with Crippen molar-refractivity contribution in [3.05, 3.63) is 112 Å². The summed E-state index contributed by atoms with van der Waals surface area (Å²) in [5.41, 5.74) is -0.956. The maximum Gasteiger partial charge on any atom is 0.151 e. The summed E-state index contributed by atoms with van der Waals surface area (Å²) < 4.78 is 0. The van der Waals surface area contributed by atoms with Crippen LogP contribution in [-0.4, -0.2) is 10.2 Å². The minimum absolute atomic E-state index is 0.401. The molecule has 6 heteroatoms. The number of benzene rings is 2. The maximum atomic E-state index is 12.3. The quantitative estimate of drug-likeness (QED) is 0.344. The lowest BCUT2D eigenvalue weighted by Gasteiger charge is -2.44. The van der Waals surface area contributed by atoms with Gasteiger partial charge in [0, 0.05) is 51.8 Å². The van der Waals surface area contributed by atoms with E-state index in [0.717, 1.165) is 19.5 Å². The van der Waals surface area contributed by atoms with Crippen LogP contribution in [0.2, 0.25) is 10.0 Å². The van der Waals surface area contributed by atoms with Crippen molar-refractivity contribution in [2.45, 2.75) is 25.0 Å². The Labute approximate surface area is 193 Å². The van der Waals surface area contributed by atoms with Crippen molar-refractivity contribution in [1.82, 2.24) is 0 Å². The molecule has 30 heavy (non-hydrogen) atoms. The molecule has 0 bridgehead atoms. The molecule has 2 aromatic carbocycles. The molecule has 1 aliphatic carbocycles. The molecule has 0 aliphatic heterocycles. The number of aryl methyl sites for hydroxylation is 2. The second-order valence-corrected chi connectivity index (χ2v) is 11.0. The molecule has 0 spiro atoms. The summed E-state index contributed by atoms with van der Waals surface area (Å²) in [6.07, 6.45) is 0. The van der Waals surface area contributed by atoms with Crippen LogP contribution in [-0.2, 0) is 11.2 Å². The van der Waals surface area contributed by atoms with Gasteiger partial charge in [0.1, 0.15) is 0 Å². The predicted octanol–water partition coefficient (Wildman–Crippen LogP) is 6.62. The molecule has 2 nitrogen and oxygen atoms in total. The highest BCUT2D eigenvalue weighted by Crippen LogP contribution is 2.57. The summed E-state index contributed by atoms with van der Waals surface area (Å²) in [4.78, 5) is 3.63. The van der Waals surface area contributed by atoms with Gasteiger partial charge in [-0.3, -0.25) is 0 Å². The van der Waals surface area contributed by atoms with E-state index in [4.69, 9.17) is 23.2 Å². The molecular formula is C24H18Cl2O2S2. The van der Waals surface area contributed by atoms with E-state index in [1.165, 1.54) is 22.7 Å². The highest BCUT2D eigenvalue weighted by atomic mass is 35.5. The molecule has 2 heterocycles. The van der Waals surface area contributed by atoms with Crippen LogP contribution in [0.4, 0.5) is 0 Å². The summed E-state index contributed by atoms with van der Waals surface area (Å²) in [7, 11) is 0. The van der Waals surface area contributed by atoms with Crippen molar-refractivity contribution in [3.8, 4) is 0 Å². The molecule has 152 valence electrons.